The number of rotatable bonds is 4. The Kier molecular flexibility index (Phi) is 3.93. The first kappa shape index (κ1) is 13.7. The molecule has 2 aromatic rings. The molecule has 1 atom stereocenters. The molecule has 3 heteroatoms. The molecule has 0 aliphatic carbocycles. The highest BCUT2D eigenvalue weighted by molar-refractivity contribution is 5.47. The molecule has 1 heterocycles. The molecule has 0 spiro atoms. The summed E-state index contributed by atoms with van der Waals surface area (Å²) in [4.78, 5) is 0. The summed E-state index contributed by atoms with van der Waals surface area (Å²) in [5.41, 5.74) is 6.15. The lowest BCUT2D eigenvalue weighted by Gasteiger charge is -2.16. The Balaban J connectivity index is 2.18. The van der Waals surface area contributed by atoms with Crippen molar-refractivity contribution in [1.29, 1.82) is 0 Å². The number of hydrogen-bond acceptors (Lipinski definition) is 2. The maximum atomic E-state index is 4.48. The van der Waals surface area contributed by atoms with Crippen molar-refractivity contribution < 1.29 is 0 Å². The topological polar surface area (TPSA) is 29.9 Å². The van der Waals surface area contributed by atoms with Crippen molar-refractivity contribution in [1.82, 2.24) is 9.78 Å². The van der Waals surface area contributed by atoms with Gasteiger partial charge in [0.15, 0.2) is 0 Å². The number of benzene rings is 1. The molecule has 1 aromatic heterocycles. The van der Waals surface area contributed by atoms with Crippen LogP contribution in [-0.2, 0) is 13.5 Å². The van der Waals surface area contributed by atoms with E-state index in [1.165, 1.54) is 16.8 Å². The van der Waals surface area contributed by atoms with E-state index in [4.69, 9.17) is 0 Å². The van der Waals surface area contributed by atoms with E-state index in [1.807, 2.05) is 11.7 Å². The van der Waals surface area contributed by atoms with Gasteiger partial charge < -0.3 is 5.32 Å². The number of hydrogen-bond donors (Lipinski definition) is 1. The summed E-state index contributed by atoms with van der Waals surface area (Å²) in [6.45, 7) is 8.55. The fraction of sp³-hybridized carbons (Fsp3) is 0.438. The van der Waals surface area contributed by atoms with Crippen LogP contribution in [0.2, 0.25) is 0 Å². The van der Waals surface area contributed by atoms with Gasteiger partial charge in [-0.1, -0.05) is 19.1 Å². The predicted octanol–water partition coefficient (Wildman–Crippen LogP) is 3.77. The van der Waals surface area contributed by atoms with Gasteiger partial charge in [0.05, 0.1) is 11.7 Å². The minimum absolute atomic E-state index is 0.265. The zero-order valence-corrected chi connectivity index (χ0v) is 12.5. The van der Waals surface area contributed by atoms with Gasteiger partial charge in [-0.2, -0.15) is 5.10 Å². The van der Waals surface area contributed by atoms with Gasteiger partial charge in [-0.05, 0) is 44.9 Å². The van der Waals surface area contributed by atoms with E-state index in [9.17, 15) is 0 Å². The average Bonchev–Trinajstić information content (AvgIpc) is 2.64. The summed E-state index contributed by atoms with van der Waals surface area (Å²) < 4.78 is 1.95. The molecule has 2 rings (SSSR count). The Bertz CT molecular complexity index is 552. The lowest BCUT2D eigenvalue weighted by Crippen LogP contribution is -2.09. The molecule has 102 valence electrons. The Morgan fingerprint density at radius 3 is 2.32 bits per heavy atom. The first-order chi connectivity index (χ1) is 9.02. The van der Waals surface area contributed by atoms with Crippen LogP contribution in [0.3, 0.4) is 0 Å². The minimum Gasteiger partial charge on any atom is -0.378 e. The molecule has 1 unspecified atom stereocenters. The molecule has 0 radical (unpaired) electrons. The first-order valence-electron chi connectivity index (χ1n) is 6.88. The number of nitrogens with zero attached hydrogens (tertiary/aromatic N) is 2. The zero-order chi connectivity index (χ0) is 14.0. The molecule has 0 saturated carbocycles. The number of aryl methyl sites for hydroxylation is 3. The van der Waals surface area contributed by atoms with Crippen molar-refractivity contribution in [2.75, 3.05) is 5.32 Å². The van der Waals surface area contributed by atoms with Crippen molar-refractivity contribution in [2.24, 2.45) is 7.05 Å². The van der Waals surface area contributed by atoms with Crippen molar-refractivity contribution in [2.45, 2.75) is 40.2 Å². The molecule has 0 saturated heterocycles. The van der Waals surface area contributed by atoms with Gasteiger partial charge in [0.25, 0.3) is 0 Å². The van der Waals surface area contributed by atoms with Crippen LogP contribution < -0.4 is 5.32 Å². The highest BCUT2D eigenvalue weighted by atomic mass is 15.3. The van der Waals surface area contributed by atoms with Gasteiger partial charge in [-0.15, -0.1) is 0 Å². The van der Waals surface area contributed by atoms with Gasteiger partial charge >= 0.3 is 0 Å². The lowest BCUT2D eigenvalue weighted by atomic mass is 10.1. The van der Waals surface area contributed by atoms with E-state index in [0.29, 0.717) is 0 Å². The van der Waals surface area contributed by atoms with E-state index in [1.54, 1.807) is 0 Å². The van der Waals surface area contributed by atoms with Crippen LogP contribution in [0.4, 0.5) is 5.69 Å². The molecule has 0 aliphatic rings. The molecule has 19 heavy (non-hydrogen) atoms. The molecular weight excluding hydrogens is 234 g/mol. The van der Waals surface area contributed by atoms with Crippen molar-refractivity contribution in [3.63, 3.8) is 0 Å². The Labute approximate surface area is 115 Å². The lowest BCUT2D eigenvalue weighted by molar-refractivity contribution is 0.728. The van der Waals surface area contributed by atoms with Crippen LogP contribution in [0.1, 0.15) is 42.4 Å². The second-order valence-electron chi connectivity index (χ2n) is 5.12. The summed E-state index contributed by atoms with van der Waals surface area (Å²) in [5, 5.41) is 8.03. The largest absolute Gasteiger partial charge is 0.378 e. The number of anilines is 1. The highest BCUT2D eigenvalue weighted by Gasteiger charge is 2.15. The summed E-state index contributed by atoms with van der Waals surface area (Å²) >= 11 is 0. The fourth-order valence-corrected chi connectivity index (χ4v) is 2.58. The van der Waals surface area contributed by atoms with Crippen molar-refractivity contribution >= 4 is 5.69 Å². The fourth-order valence-electron chi connectivity index (χ4n) is 2.58. The molecule has 1 aromatic carbocycles. The van der Waals surface area contributed by atoms with E-state index >= 15 is 0 Å². The third kappa shape index (κ3) is 2.80. The third-order valence-corrected chi connectivity index (χ3v) is 3.74. The SMILES string of the molecule is CCc1ccc(NC(C)c2c(C)nn(C)c2C)cc1. The maximum absolute atomic E-state index is 4.48. The summed E-state index contributed by atoms with van der Waals surface area (Å²) in [7, 11) is 1.99. The number of nitrogens with one attached hydrogen (secondary N) is 1. The molecule has 3 nitrogen and oxygen atoms in total. The van der Waals surface area contributed by atoms with Crippen molar-refractivity contribution in [3.05, 3.63) is 46.8 Å². The minimum atomic E-state index is 0.265. The molecule has 0 aliphatic heterocycles. The second-order valence-corrected chi connectivity index (χ2v) is 5.12. The summed E-state index contributed by atoms with van der Waals surface area (Å²) in [5.74, 6) is 0. The Hall–Kier alpha value is -1.77. The molecule has 1 N–H and O–H groups in total. The smallest absolute Gasteiger partial charge is 0.0649 e. The quantitative estimate of drug-likeness (QED) is 0.903. The van der Waals surface area contributed by atoms with Gasteiger partial charge in [0.2, 0.25) is 0 Å². The average molecular weight is 257 g/mol. The normalized spacial score (nSPS) is 12.5. The van der Waals surface area contributed by atoms with Crippen LogP contribution in [0.25, 0.3) is 0 Å². The molecule has 0 fully saturated rings. The van der Waals surface area contributed by atoms with E-state index in [0.717, 1.165) is 17.8 Å². The molecule has 0 amide bonds. The molecular formula is C16H23N3. The Morgan fingerprint density at radius 1 is 1.21 bits per heavy atom. The van der Waals surface area contributed by atoms with E-state index in [-0.39, 0.29) is 6.04 Å². The summed E-state index contributed by atoms with van der Waals surface area (Å²) in [6.07, 6.45) is 1.08. The zero-order valence-electron chi connectivity index (χ0n) is 12.5. The Morgan fingerprint density at radius 2 is 1.84 bits per heavy atom. The van der Waals surface area contributed by atoms with Gasteiger partial charge in [0.1, 0.15) is 0 Å². The van der Waals surface area contributed by atoms with Crippen LogP contribution in [-0.4, -0.2) is 9.78 Å². The van der Waals surface area contributed by atoms with Crippen LogP contribution >= 0.6 is 0 Å². The van der Waals surface area contributed by atoms with Crippen molar-refractivity contribution in [3.8, 4) is 0 Å². The standard InChI is InChI=1S/C16H23N3/c1-6-14-7-9-15(10-8-14)17-11(2)16-12(3)18-19(5)13(16)4/h7-11,17H,6H2,1-5H3. The first-order valence-corrected chi connectivity index (χ1v) is 6.88. The third-order valence-electron chi connectivity index (χ3n) is 3.74. The van der Waals surface area contributed by atoms with Gasteiger partial charge in [-0.3, -0.25) is 4.68 Å². The summed E-state index contributed by atoms with van der Waals surface area (Å²) in [6, 6.07) is 8.92. The molecule has 0 bridgehead atoms. The van der Waals surface area contributed by atoms with Crippen LogP contribution in [0.15, 0.2) is 24.3 Å². The van der Waals surface area contributed by atoms with E-state index < -0.39 is 0 Å². The van der Waals surface area contributed by atoms with E-state index in [2.05, 4.69) is 62.4 Å². The van der Waals surface area contributed by atoms with Crippen LogP contribution in [0, 0.1) is 13.8 Å². The monoisotopic (exact) mass is 257 g/mol. The van der Waals surface area contributed by atoms with Gasteiger partial charge in [0, 0.05) is 24.0 Å². The second kappa shape index (κ2) is 5.47. The number of aromatic nitrogens is 2. The predicted molar refractivity (Wildman–Crippen MR) is 80.5 cm³/mol. The maximum Gasteiger partial charge on any atom is 0.0649 e. The highest BCUT2D eigenvalue weighted by Crippen LogP contribution is 2.24. The van der Waals surface area contributed by atoms with Crippen LogP contribution in [0.5, 0.6) is 0 Å². The van der Waals surface area contributed by atoms with Gasteiger partial charge in [-0.25, -0.2) is 0 Å².